The topological polar surface area (TPSA) is 54.1 Å². The first kappa shape index (κ1) is 21.2. The van der Waals surface area contributed by atoms with E-state index in [1.165, 1.54) is 24.2 Å². The summed E-state index contributed by atoms with van der Waals surface area (Å²) in [6, 6.07) is 15.0. The molecule has 3 aromatic rings. The molecule has 4 rings (SSSR count). The molecule has 162 valence electrons. The number of nitrogens with zero attached hydrogens (tertiary/aromatic N) is 4. The van der Waals surface area contributed by atoms with E-state index in [1.807, 2.05) is 19.1 Å². The van der Waals surface area contributed by atoms with Crippen molar-refractivity contribution in [3.63, 3.8) is 0 Å². The Hall–Kier alpha value is -3.00. The fraction of sp³-hybridized carbons (Fsp3) is 0.462. The highest BCUT2D eigenvalue weighted by atomic mass is 16.5. The molecule has 0 spiro atoms. The predicted octanol–water partition coefficient (Wildman–Crippen LogP) is 5.34. The Morgan fingerprint density at radius 3 is 2.48 bits per heavy atom. The highest BCUT2D eigenvalue weighted by Crippen LogP contribution is 2.30. The lowest BCUT2D eigenvalue weighted by atomic mass is 9.91. The molecule has 5 heteroatoms. The van der Waals surface area contributed by atoms with Gasteiger partial charge in [0.15, 0.2) is 0 Å². The van der Waals surface area contributed by atoms with E-state index in [0.29, 0.717) is 17.5 Å². The van der Waals surface area contributed by atoms with Gasteiger partial charge in [-0.25, -0.2) is 4.98 Å². The molecule has 0 aliphatic carbocycles. The molecule has 0 amide bonds. The van der Waals surface area contributed by atoms with E-state index in [0.717, 1.165) is 48.4 Å². The van der Waals surface area contributed by atoms with Gasteiger partial charge in [0.2, 0.25) is 0 Å². The van der Waals surface area contributed by atoms with Crippen LogP contribution in [0.2, 0.25) is 0 Å². The Kier molecular flexibility index (Phi) is 6.18. The van der Waals surface area contributed by atoms with E-state index in [-0.39, 0.29) is 0 Å². The van der Waals surface area contributed by atoms with Crippen LogP contribution in [-0.2, 0) is 13.0 Å². The van der Waals surface area contributed by atoms with Gasteiger partial charge in [0, 0.05) is 36.4 Å². The number of aromatic nitrogens is 2. The third-order valence-electron chi connectivity index (χ3n) is 6.35. The molecule has 0 radical (unpaired) electrons. The Bertz CT molecular complexity index is 1080. The van der Waals surface area contributed by atoms with Gasteiger partial charge >= 0.3 is 0 Å². The number of fused-ring (bicyclic) bond motifs is 1. The molecule has 0 saturated carbocycles. The van der Waals surface area contributed by atoms with Crippen LogP contribution in [0.3, 0.4) is 0 Å². The molecule has 1 aliphatic rings. The quantitative estimate of drug-likeness (QED) is 0.544. The number of methoxy groups -OCH3 is 1. The van der Waals surface area contributed by atoms with Gasteiger partial charge in [-0.1, -0.05) is 13.8 Å². The largest absolute Gasteiger partial charge is 0.497 e. The summed E-state index contributed by atoms with van der Waals surface area (Å²) >= 11 is 0. The molecule has 1 aromatic carbocycles. The zero-order valence-corrected chi connectivity index (χ0v) is 19.1. The van der Waals surface area contributed by atoms with Crippen LogP contribution in [0, 0.1) is 30.1 Å². The Morgan fingerprint density at radius 1 is 1.16 bits per heavy atom. The van der Waals surface area contributed by atoms with Gasteiger partial charge in [0.25, 0.3) is 0 Å². The maximum absolute atomic E-state index is 9.43. The zero-order valence-electron chi connectivity index (χ0n) is 19.1. The van der Waals surface area contributed by atoms with Crippen molar-refractivity contribution in [2.75, 3.05) is 25.1 Å². The number of nitriles is 1. The standard InChI is InChI=1S/C26H32N4O/c1-18(2)17-30-23(15-21-13-19(3)25(16-27)28-26(21)30)14-20-9-11-29(12-10-20)22-5-7-24(31-4)8-6-22/h5-8,13,15,18,20H,9-12,14,17H2,1-4H3. The Labute approximate surface area is 185 Å². The number of aryl methyl sites for hydroxylation is 1. The molecular weight excluding hydrogens is 384 g/mol. The Morgan fingerprint density at radius 2 is 1.87 bits per heavy atom. The summed E-state index contributed by atoms with van der Waals surface area (Å²) in [4.78, 5) is 7.19. The monoisotopic (exact) mass is 416 g/mol. The van der Waals surface area contributed by atoms with Crippen molar-refractivity contribution in [1.29, 1.82) is 5.26 Å². The lowest BCUT2D eigenvalue weighted by Crippen LogP contribution is -2.34. The normalized spacial score (nSPS) is 14.9. The average molecular weight is 417 g/mol. The predicted molar refractivity (Wildman–Crippen MR) is 126 cm³/mol. The van der Waals surface area contributed by atoms with Crippen LogP contribution in [0.15, 0.2) is 36.4 Å². The smallest absolute Gasteiger partial charge is 0.145 e. The molecular formula is C26H32N4O. The van der Waals surface area contributed by atoms with Crippen LogP contribution in [0.5, 0.6) is 5.75 Å². The summed E-state index contributed by atoms with van der Waals surface area (Å²) in [7, 11) is 1.71. The molecule has 0 atom stereocenters. The van der Waals surface area contributed by atoms with Crippen molar-refractivity contribution < 1.29 is 4.74 Å². The number of pyridine rings is 1. The maximum atomic E-state index is 9.43. The van der Waals surface area contributed by atoms with Gasteiger partial charge in [0.05, 0.1) is 7.11 Å². The highest BCUT2D eigenvalue weighted by molar-refractivity contribution is 5.79. The lowest BCUT2D eigenvalue weighted by Gasteiger charge is -2.34. The van der Waals surface area contributed by atoms with Crippen LogP contribution in [0.4, 0.5) is 5.69 Å². The third kappa shape index (κ3) is 4.54. The molecule has 0 unspecified atom stereocenters. The maximum Gasteiger partial charge on any atom is 0.145 e. The SMILES string of the molecule is COc1ccc(N2CCC(Cc3cc4cc(C)c(C#N)nc4n3CC(C)C)CC2)cc1. The third-order valence-corrected chi connectivity index (χ3v) is 6.35. The fourth-order valence-corrected chi connectivity index (χ4v) is 4.68. The van der Waals surface area contributed by atoms with E-state index in [2.05, 4.69) is 53.6 Å². The zero-order chi connectivity index (χ0) is 22.0. The van der Waals surface area contributed by atoms with Gasteiger partial charge < -0.3 is 14.2 Å². The lowest BCUT2D eigenvalue weighted by molar-refractivity contribution is 0.391. The van der Waals surface area contributed by atoms with Gasteiger partial charge in [0.1, 0.15) is 23.2 Å². The number of hydrogen-bond donors (Lipinski definition) is 0. The van der Waals surface area contributed by atoms with Gasteiger partial charge in [-0.05, 0) is 80.0 Å². The van der Waals surface area contributed by atoms with Crippen molar-refractivity contribution in [3.05, 3.63) is 53.3 Å². The number of piperidine rings is 1. The summed E-state index contributed by atoms with van der Waals surface area (Å²) in [6.45, 7) is 9.54. The van der Waals surface area contributed by atoms with Crippen LogP contribution in [-0.4, -0.2) is 29.8 Å². The summed E-state index contributed by atoms with van der Waals surface area (Å²) in [6.07, 6.45) is 3.44. The molecule has 1 fully saturated rings. The highest BCUT2D eigenvalue weighted by Gasteiger charge is 2.22. The second kappa shape index (κ2) is 9.01. The molecule has 1 saturated heterocycles. The number of anilines is 1. The minimum atomic E-state index is 0.528. The van der Waals surface area contributed by atoms with Crippen molar-refractivity contribution in [2.45, 2.75) is 46.6 Å². The first-order valence-electron chi connectivity index (χ1n) is 11.3. The minimum Gasteiger partial charge on any atom is -0.497 e. The fourth-order valence-electron chi connectivity index (χ4n) is 4.68. The summed E-state index contributed by atoms with van der Waals surface area (Å²) in [5, 5.41) is 10.6. The Balaban J connectivity index is 1.51. The van der Waals surface area contributed by atoms with Crippen LogP contribution in [0.25, 0.3) is 11.0 Å². The van der Waals surface area contributed by atoms with Crippen molar-refractivity contribution in [3.8, 4) is 11.8 Å². The van der Waals surface area contributed by atoms with Gasteiger partial charge in [-0.3, -0.25) is 0 Å². The van der Waals surface area contributed by atoms with E-state index in [9.17, 15) is 5.26 Å². The van der Waals surface area contributed by atoms with Crippen molar-refractivity contribution in [1.82, 2.24) is 9.55 Å². The first-order chi connectivity index (χ1) is 15.0. The van der Waals surface area contributed by atoms with Crippen molar-refractivity contribution in [2.24, 2.45) is 11.8 Å². The number of ether oxygens (including phenoxy) is 1. The molecule has 5 nitrogen and oxygen atoms in total. The molecule has 3 heterocycles. The average Bonchev–Trinajstić information content (AvgIpc) is 3.08. The number of rotatable bonds is 6. The molecule has 0 bridgehead atoms. The first-order valence-corrected chi connectivity index (χ1v) is 11.3. The number of hydrogen-bond acceptors (Lipinski definition) is 4. The van der Waals surface area contributed by atoms with E-state index in [1.54, 1.807) is 7.11 Å². The van der Waals surface area contributed by atoms with Gasteiger partial charge in [-0.2, -0.15) is 5.26 Å². The molecule has 2 aromatic heterocycles. The van der Waals surface area contributed by atoms with Crippen LogP contribution < -0.4 is 9.64 Å². The molecule has 1 aliphatic heterocycles. The summed E-state index contributed by atoms with van der Waals surface area (Å²) in [5.74, 6) is 2.10. The van der Waals surface area contributed by atoms with E-state index in [4.69, 9.17) is 9.72 Å². The molecule has 31 heavy (non-hydrogen) atoms. The van der Waals surface area contributed by atoms with E-state index < -0.39 is 0 Å². The molecule has 0 N–H and O–H groups in total. The minimum absolute atomic E-state index is 0.528. The summed E-state index contributed by atoms with van der Waals surface area (Å²) in [5.41, 5.74) is 5.08. The number of benzene rings is 1. The second-order valence-corrected chi connectivity index (χ2v) is 9.15. The van der Waals surface area contributed by atoms with E-state index >= 15 is 0 Å². The second-order valence-electron chi connectivity index (χ2n) is 9.15. The van der Waals surface area contributed by atoms with Crippen LogP contribution >= 0.6 is 0 Å². The van der Waals surface area contributed by atoms with Crippen LogP contribution in [0.1, 0.15) is 43.6 Å². The van der Waals surface area contributed by atoms with Gasteiger partial charge in [-0.15, -0.1) is 0 Å². The summed E-state index contributed by atoms with van der Waals surface area (Å²) < 4.78 is 7.64. The van der Waals surface area contributed by atoms with Crippen molar-refractivity contribution >= 4 is 16.7 Å².